The summed E-state index contributed by atoms with van der Waals surface area (Å²) < 4.78 is 21.4. The number of nitrogens with zero attached hydrogens (tertiary/aromatic N) is 2. The van der Waals surface area contributed by atoms with Crippen molar-refractivity contribution in [3.05, 3.63) is 47.8 Å². The molecule has 114 valence electrons. The molecule has 0 aliphatic carbocycles. The van der Waals surface area contributed by atoms with E-state index in [4.69, 9.17) is 4.74 Å². The van der Waals surface area contributed by atoms with Crippen molar-refractivity contribution in [2.45, 2.75) is 39.5 Å². The van der Waals surface area contributed by atoms with Crippen LogP contribution in [0.2, 0.25) is 0 Å². The van der Waals surface area contributed by atoms with E-state index >= 15 is 0 Å². The normalized spacial score (nSPS) is 11.7. The number of hydrogen-bond donors (Lipinski definition) is 1. The Morgan fingerprint density at radius 3 is 2.67 bits per heavy atom. The van der Waals surface area contributed by atoms with E-state index in [1.165, 1.54) is 6.07 Å². The number of rotatable bonds is 5. The Labute approximate surface area is 125 Å². The molecule has 2 aromatic rings. The molecule has 4 nitrogen and oxygen atoms in total. The zero-order valence-corrected chi connectivity index (χ0v) is 13.0. The molecule has 1 aromatic carbocycles. The van der Waals surface area contributed by atoms with Gasteiger partial charge in [-0.25, -0.2) is 9.37 Å². The van der Waals surface area contributed by atoms with Gasteiger partial charge in [0.05, 0.1) is 18.2 Å². The quantitative estimate of drug-likeness (QED) is 0.920. The highest BCUT2D eigenvalue weighted by atomic mass is 19.1. The first-order valence-electron chi connectivity index (χ1n) is 6.96. The number of nitrogens with one attached hydrogen (secondary N) is 1. The van der Waals surface area contributed by atoms with Crippen LogP contribution in [0.15, 0.2) is 30.7 Å². The van der Waals surface area contributed by atoms with Gasteiger partial charge in [0, 0.05) is 19.1 Å². The SMILES string of the molecule is Cn1cncc1COc1ccc(CNC(C)(C)C)cc1F. The van der Waals surface area contributed by atoms with Crippen molar-refractivity contribution in [2.75, 3.05) is 0 Å². The summed E-state index contributed by atoms with van der Waals surface area (Å²) in [4.78, 5) is 4.00. The fourth-order valence-electron chi connectivity index (χ4n) is 1.81. The number of hydrogen-bond acceptors (Lipinski definition) is 3. The molecule has 0 fully saturated rings. The maximum atomic E-state index is 14.0. The molecule has 1 aromatic heterocycles. The number of benzene rings is 1. The summed E-state index contributed by atoms with van der Waals surface area (Å²) in [6, 6.07) is 5.06. The topological polar surface area (TPSA) is 39.1 Å². The van der Waals surface area contributed by atoms with Gasteiger partial charge in [0.2, 0.25) is 0 Å². The van der Waals surface area contributed by atoms with Crippen molar-refractivity contribution in [1.82, 2.24) is 14.9 Å². The van der Waals surface area contributed by atoms with E-state index in [-0.39, 0.29) is 17.1 Å². The fourth-order valence-corrected chi connectivity index (χ4v) is 1.81. The molecule has 0 amide bonds. The molecule has 0 spiro atoms. The Kier molecular flexibility index (Phi) is 4.63. The monoisotopic (exact) mass is 291 g/mol. The Bertz CT molecular complexity index is 602. The van der Waals surface area contributed by atoms with Crippen LogP contribution in [0.1, 0.15) is 32.0 Å². The summed E-state index contributed by atoms with van der Waals surface area (Å²) in [6.07, 6.45) is 3.40. The highest BCUT2D eigenvalue weighted by molar-refractivity contribution is 5.29. The van der Waals surface area contributed by atoms with Gasteiger partial charge in [0.15, 0.2) is 11.6 Å². The number of aryl methyl sites for hydroxylation is 1. The number of halogens is 1. The summed E-state index contributed by atoms with van der Waals surface area (Å²) in [6.45, 7) is 7.16. The van der Waals surface area contributed by atoms with Crippen molar-refractivity contribution < 1.29 is 9.13 Å². The molecule has 0 saturated heterocycles. The Morgan fingerprint density at radius 2 is 2.10 bits per heavy atom. The molecule has 0 aliphatic heterocycles. The smallest absolute Gasteiger partial charge is 0.165 e. The van der Waals surface area contributed by atoms with E-state index in [0.717, 1.165) is 11.3 Å². The van der Waals surface area contributed by atoms with Crippen molar-refractivity contribution in [2.24, 2.45) is 7.05 Å². The van der Waals surface area contributed by atoms with E-state index in [2.05, 4.69) is 31.1 Å². The third kappa shape index (κ3) is 4.56. The standard InChI is InChI=1S/C16H22FN3O/c1-16(2,3)19-8-12-5-6-15(14(17)7-12)21-10-13-9-18-11-20(13)4/h5-7,9,11,19H,8,10H2,1-4H3. The molecule has 0 bridgehead atoms. The Hall–Kier alpha value is -1.88. The summed E-state index contributed by atoms with van der Waals surface area (Å²) in [7, 11) is 1.88. The summed E-state index contributed by atoms with van der Waals surface area (Å²) in [5.41, 5.74) is 1.80. The second-order valence-electron chi connectivity index (χ2n) is 6.15. The van der Waals surface area contributed by atoms with E-state index in [0.29, 0.717) is 13.2 Å². The minimum absolute atomic E-state index is 0.00514. The van der Waals surface area contributed by atoms with Gasteiger partial charge >= 0.3 is 0 Å². The van der Waals surface area contributed by atoms with Gasteiger partial charge in [-0.05, 0) is 38.5 Å². The minimum atomic E-state index is -0.342. The van der Waals surface area contributed by atoms with Crippen LogP contribution in [-0.2, 0) is 20.2 Å². The van der Waals surface area contributed by atoms with Crippen LogP contribution in [0, 0.1) is 5.82 Å². The minimum Gasteiger partial charge on any atom is -0.484 e. The van der Waals surface area contributed by atoms with Crippen LogP contribution in [-0.4, -0.2) is 15.1 Å². The number of ether oxygens (including phenoxy) is 1. The van der Waals surface area contributed by atoms with E-state index < -0.39 is 0 Å². The molecule has 1 heterocycles. The Balaban J connectivity index is 1.97. The Morgan fingerprint density at radius 1 is 1.33 bits per heavy atom. The largest absolute Gasteiger partial charge is 0.484 e. The number of aromatic nitrogens is 2. The molecular weight excluding hydrogens is 269 g/mol. The lowest BCUT2D eigenvalue weighted by Gasteiger charge is -2.20. The molecule has 21 heavy (non-hydrogen) atoms. The van der Waals surface area contributed by atoms with Gasteiger partial charge in [-0.15, -0.1) is 0 Å². The fraction of sp³-hybridized carbons (Fsp3) is 0.438. The zero-order chi connectivity index (χ0) is 15.5. The predicted molar refractivity (Wildman–Crippen MR) is 80.5 cm³/mol. The van der Waals surface area contributed by atoms with Gasteiger partial charge in [0.25, 0.3) is 0 Å². The molecule has 0 radical (unpaired) electrons. The average molecular weight is 291 g/mol. The van der Waals surface area contributed by atoms with Gasteiger partial charge in [-0.2, -0.15) is 0 Å². The lowest BCUT2D eigenvalue weighted by Crippen LogP contribution is -2.35. The zero-order valence-electron chi connectivity index (χ0n) is 13.0. The molecule has 0 unspecified atom stereocenters. The van der Waals surface area contributed by atoms with E-state index in [1.54, 1.807) is 18.6 Å². The molecule has 0 atom stereocenters. The second-order valence-corrected chi connectivity index (χ2v) is 6.15. The third-order valence-corrected chi connectivity index (χ3v) is 3.11. The maximum Gasteiger partial charge on any atom is 0.165 e. The molecule has 0 aliphatic rings. The third-order valence-electron chi connectivity index (χ3n) is 3.11. The van der Waals surface area contributed by atoms with Crippen LogP contribution in [0.3, 0.4) is 0 Å². The van der Waals surface area contributed by atoms with Gasteiger partial charge in [0.1, 0.15) is 6.61 Å². The first-order chi connectivity index (χ1) is 9.85. The highest BCUT2D eigenvalue weighted by Crippen LogP contribution is 2.20. The molecular formula is C16H22FN3O. The predicted octanol–water partition coefficient (Wildman–Crippen LogP) is 3.03. The maximum absolute atomic E-state index is 14.0. The molecule has 5 heteroatoms. The van der Waals surface area contributed by atoms with Crippen molar-refractivity contribution in [3.63, 3.8) is 0 Å². The van der Waals surface area contributed by atoms with Crippen molar-refractivity contribution in [3.8, 4) is 5.75 Å². The van der Waals surface area contributed by atoms with Gasteiger partial charge < -0.3 is 14.6 Å². The first-order valence-corrected chi connectivity index (χ1v) is 6.96. The number of imidazole rings is 1. The lowest BCUT2D eigenvalue weighted by molar-refractivity contribution is 0.282. The lowest BCUT2D eigenvalue weighted by atomic mass is 10.1. The molecule has 0 saturated carbocycles. The van der Waals surface area contributed by atoms with Crippen LogP contribution in [0.25, 0.3) is 0 Å². The van der Waals surface area contributed by atoms with Crippen LogP contribution < -0.4 is 10.1 Å². The van der Waals surface area contributed by atoms with Crippen LogP contribution in [0.4, 0.5) is 4.39 Å². The second kappa shape index (κ2) is 6.26. The van der Waals surface area contributed by atoms with Crippen LogP contribution in [0.5, 0.6) is 5.75 Å². The summed E-state index contributed by atoms with van der Waals surface area (Å²) >= 11 is 0. The van der Waals surface area contributed by atoms with Crippen LogP contribution >= 0.6 is 0 Å². The summed E-state index contributed by atoms with van der Waals surface area (Å²) in [5, 5.41) is 3.33. The van der Waals surface area contributed by atoms with E-state index in [9.17, 15) is 4.39 Å². The van der Waals surface area contributed by atoms with E-state index in [1.807, 2.05) is 17.7 Å². The summed E-state index contributed by atoms with van der Waals surface area (Å²) in [5.74, 6) is -0.0823. The molecule has 1 N–H and O–H groups in total. The van der Waals surface area contributed by atoms with Gasteiger partial charge in [-0.3, -0.25) is 0 Å². The van der Waals surface area contributed by atoms with Crippen molar-refractivity contribution in [1.29, 1.82) is 0 Å². The molecule has 2 rings (SSSR count). The van der Waals surface area contributed by atoms with Gasteiger partial charge in [-0.1, -0.05) is 6.07 Å². The van der Waals surface area contributed by atoms with Crippen molar-refractivity contribution >= 4 is 0 Å². The first kappa shape index (κ1) is 15.5. The highest BCUT2D eigenvalue weighted by Gasteiger charge is 2.10. The average Bonchev–Trinajstić information content (AvgIpc) is 2.80.